The summed E-state index contributed by atoms with van der Waals surface area (Å²) in [7, 11) is 3.87. The smallest absolute Gasteiger partial charge is 0.100 e. The van der Waals surface area contributed by atoms with Crippen LogP contribution in [-0.2, 0) is 0 Å². The molecule has 0 aromatic carbocycles. The van der Waals surface area contributed by atoms with Gasteiger partial charge in [-0.3, -0.25) is 0 Å². The molecule has 0 bridgehead atoms. The largest absolute Gasteiger partial charge is 0.375 e. The van der Waals surface area contributed by atoms with Gasteiger partial charge in [-0.05, 0) is 19.1 Å². The quantitative estimate of drug-likeness (QED) is 0.617. The maximum Gasteiger partial charge on any atom is 0.100 e. The summed E-state index contributed by atoms with van der Waals surface area (Å²) in [5, 5.41) is 3.06. The molecule has 0 atom stereocenters. The number of nitrogens with one attached hydrogen (secondary N) is 1. The molecule has 0 saturated heterocycles. The van der Waals surface area contributed by atoms with Gasteiger partial charge in [-0.1, -0.05) is 12.7 Å². The SMILES string of the molecule is C=C/C=C\N(C)/C(=C/C)NC. The Bertz CT molecular complexity index is 168. The molecule has 0 radical (unpaired) electrons. The van der Waals surface area contributed by atoms with Crippen molar-refractivity contribution in [3.8, 4) is 0 Å². The fourth-order valence-electron chi connectivity index (χ4n) is 0.795. The lowest BCUT2D eigenvalue weighted by Gasteiger charge is -2.16. The maximum absolute atomic E-state index is 3.59. The standard InChI is InChI=1S/C9H16N2/c1-5-7-8-11(4)9(6-2)10-3/h5-8,10H,1H2,2-4H3/b8-7-,9-6+. The molecule has 0 amide bonds. The summed E-state index contributed by atoms with van der Waals surface area (Å²) in [6.45, 7) is 5.58. The van der Waals surface area contributed by atoms with E-state index < -0.39 is 0 Å². The molecule has 0 aliphatic rings. The second kappa shape index (κ2) is 5.59. The fraction of sp³-hybridized carbons (Fsp3) is 0.333. The third-order valence-electron chi connectivity index (χ3n) is 1.36. The van der Waals surface area contributed by atoms with Crippen molar-refractivity contribution < 1.29 is 0 Å². The summed E-state index contributed by atoms with van der Waals surface area (Å²) in [4.78, 5) is 1.99. The molecule has 0 aromatic heterocycles. The van der Waals surface area contributed by atoms with Crippen LogP contribution in [0.25, 0.3) is 0 Å². The average molecular weight is 152 g/mol. The molecule has 0 aliphatic heterocycles. The van der Waals surface area contributed by atoms with Crippen molar-refractivity contribution in [1.29, 1.82) is 0 Å². The molecule has 0 fully saturated rings. The molecule has 0 unspecified atom stereocenters. The van der Waals surface area contributed by atoms with Gasteiger partial charge in [0.1, 0.15) is 5.82 Å². The number of hydrogen-bond donors (Lipinski definition) is 1. The van der Waals surface area contributed by atoms with E-state index in [1.165, 1.54) is 0 Å². The molecule has 62 valence electrons. The van der Waals surface area contributed by atoms with Gasteiger partial charge in [0, 0.05) is 20.3 Å². The topological polar surface area (TPSA) is 15.3 Å². The van der Waals surface area contributed by atoms with Crippen molar-refractivity contribution in [2.75, 3.05) is 14.1 Å². The lowest BCUT2D eigenvalue weighted by atomic mass is 10.5. The van der Waals surface area contributed by atoms with Gasteiger partial charge in [0.15, 0.2) is 0 Å². The summed E-state index contributed by atoms with van der Waals surface area (Å²) in [6.07, 6.45) is 7.59. The minimum atomic E-state index is 1.07. The van der Waals surface area contributed by atoms with Crippen LogP contribution in [0.3, 0.4) is 0 Å². The van der Waals surface area contributed by atoms with Crippen molar-refractivity contribution in [3.05, 3.63) is 36.8 Å². The van der Waals surface area contributed by atoms with Crippen molar-refractivity contribution in [3.63, 3.8) is 0 Å². The highest BCUT2D eigenvalue weighted by molar-refractivity contribution is 5.04. The zero-order chi connectivity index (χ0) is 8.69. The Kier molecular flexibility index (Phi) is 4.99. The van der Waals surface area contributed by atoms with Crippen molar-refractivity contribution in [1.82, 2.24) is 10.2 Å². The first-order valence-corrected chi connectivity index (χ1v) is 3.62. The second-order valence-corrected chi connectivity index (χ2v) is 2.11. The van der Waals surface area contributed by atoms with E-state index in [0.29, 0.717) is 0 Å². The first kappa shape index (κ1) is 9.82. The molecule has 0 rings (SSSR count). The summed E-state index contributed by atoms with van der Waals surface area (Å²) in [6, 6.07) is 0. The van der Waals surface area contributed by atoms with Crippen LogP contribution in [0.5, 0.6) is 0 Å². The molecule has 1 N–H and O–H groups in total. The van der Waals surface area contributed by atoms with Crippen LogP contribution in [0.2, 0.25) is 0 Å². The van der Waals surface area contributed by atoms with Crippen LogP contribution in [0.15, 0.2) is 36.8 Å². The van der Waals surface area contributed by atoms with Gasteiger partial charge < -0.3 is 10.2 Å². The van der Waals surface area contributed by atoms with Gasteiger partial charge in [-0.2, -0.15) is 0 Å². The highest BCUT2D eigenvalue weighted by Gasteiger charge is 1.93. The van der Waals surface area contributed by atoms with Crippen molar-refractivity contribution in [2.45, 2.75) is 6.92 Å². The Balaban J connectivity index is 4.10. The number of nitrogens with zero attached hydrogens (tertiary/aromatic N) is 1. The molecule has 0 saturated carbocycles. The van der Waals surface area contributed by atoms with Gasteiger partial charge in [0.25, 0.3) is 0 Å². The second-order valence-electron chi connectivity index (χ2n) is 2.11. The number of hydrogen-bond acceptors (Lipinski definition) is 2. The molecule has 0 heterocycles. The predicted octanol–water partition coefficient (Wildman–Crippen LogP) is 1.70. The first-order chi connectivity index (χ1) is 5.26. The Morgan fingerprint density at radius 3 is 2.55 bits per heavy atom. The molecule has 2 heteroatoms. The summed E-state index contributed by atoms with van der Waals surface area (Å²) < 4.78 is 0. The van der Waals surface area contributed by atoms with Gasteiger partial charge in [0.2, 0.25) is 0 Å². The summed E-state index contributed by atoms with van der Waals surface area (Å²) in [5.41, 5.74) is 0. The van der Waals surface area contributed by atoms with Gasteiger partial charge in [-0.15, -0.1) is 0 Å². The van der Waals surface area contributed by atoms with Gasteiger partial charge in [0.05, 0.1) is 0 Å². The van der Waals surface area contributed by atoms with E-state index in [0.717, 1.165) is 5.82 Å². The first-order valence-electron chi connectivity index (χ1n) is 3.62. The summed E-state index contributed by atoms with van der Waals surface area (Å²) in [5.74, 6) is 1.07. The lowest BCUT2D eigenvalue weighted by molar-refractivity contribution is 0.524. The fourth-order valence-corrected chi connectivity index (χ4v) is 0.795. The Labute approximate surface area is 68.9 Å². The van der Waals surface area contributed by atoms with Crippen LogP contribution in [-0.4, -0.2) is 19.0 Å². The molecule has 0 aromatic rings. The van der Waals surface area contributed by atoms with Crippen LogP contribution in [0, 0.1) is 0 Å². The van der Waals surface area contributed by atoms with Crippen molar-refractivity contribution >= 4 is 0 Å². The Morgan fingerprint density at radius 2 is 2.18 bits per heavy atom. The Hall–Kier alpha value is -1.18. The third kappa shape index (κ3) is 3.50. The highest BCUT2D eigenvalue weighted by Crippen LogP contribution is 1.96. The molecule has 2 nitrogen and oxygen atoms in total. The molecule has 11 heavy (non-hydrogen) atoms. The van der Waals surface area contributed by atoms with Crippen LogP contribution >= 0.6 is 0 Å². The minimum absolute atomic E-state index is 1.07. The van der Waals surface area contributed by atoms with Crippen LogP contribution in [0.1, 0.15) is 6.92 Å². The van der Waals surface area contributed by atoms with Crippen LogP contribution in [0.4, 0.5) is 0 Å². The zero-order valence-corrected chi connectivity index (χ0v) is 7.46. The Morgan fingerprint density at radius 1 is 1.55 bits per heavy atom. The normalized spacial score (nSPS) is 11.7. The van der Waals surface area contributed by atoms with E-state index in [4.69, 9.17) is 0 Å². The van der Waals surface area contributed by atoms with E-state index in [1.807, 2.05) is 44.3 Å². The zero-order valence-electron chi connectivity index (χ0n) is 7.46. The predicted molar refractivity (Wildman–Crippen MR) is 49.9 cm³/mol. The molecule has 0 aliphatic carbocycles. The summed E-state index contributed by atoms with van der Waals surface area (Å²) >= 11 is 0. The molecular weight excluding hydrogens is 136 g/mol. The minimum Gasteiger partial charge on any atom is -0.375 e. The van der Waals surface area contributed by atoms with E-state index in [1.54, 1.807) is 6.08 Å². The van der Waals surface area contributed by atoms with Crippen molar-refractivity contribution in [2.24, 2.45) is 0 Å². The van der Waals surface area contributed by atoms with E-state index in [9.17, 15) is 0 Å². The molecule has 0 spiro atoms. The van der Waals surface area contributed by atoms with Gasteiger partial charge >= 0.3 is 0 Å². The monoisotopic (exact) mass is 152 g/mol. The van der Waals surface area contributed by atoms with Crippen LogP contribution < -0.4 is 5.32 Å². The number of allylic oxidation sites excluding steroid dienone is 3. The van der Waals surface area contributed by atoms with E-state index in [2.05, 4.69) is 11.9 Å². The van der Waals surface area contributed by atoms with E-state index >= 15 is 0 Å². The highest BCUT2D eigenvalue weighted by atomic mass is 15.2. The third-order valence-corrected chi connectivity index (χ3v) is 1.36. The van der Waals surface area contributed by atoms with E-state index in [-0.39, 0.29) is 0 Å². The molecular formula is C9H16N2. The maximum atomic E-state index is 3.59. The van der Waals surface area contributed by atoms with Gasteiger partial charge in [-0.25, -0.2) is 0 Å². The number of rotatable bonds is 4. The average Bonchev–Trinajstić information content (AvgIpc) is 2.03. The lowest BCUT2D eigenvalue weighted by Crippen LogP contribution is -2.20.